The van der Waals surface area contributed by atoms with Crippen LogP contribution in [0.2, 0.25) is 0 Å². The van der Waals surface area contributed by atoms with Crippen LogP contribution in [0.25, 0.3) is 0 Å². The van der Waals surface area contributed by atoms with E-state index in [4.69, 9.17) is 23.7 Å². The number of aliphatic hydroxyl groups excluding tert-OH is 6. The predicted molar refractivity (Wildman–Crippen MR) is 203 cm³/mol. The average Bonchev–Trinajstić information content (AvgIpc) is 3.08. The molecule has 0 bridgehead atoms. The van der Waals surface area contributed by atoms with E-state index >= 15 is 0 Å². The van der Waals surface area contributed by atoms with Crippen LogP contribution in [0.5, 0.6) is 0 Å². The smallest absolute Gasteiger partial charge is 0.338 e. The lowest BCUT2D eigenvalue weighted by atomic mass is 9.79. The van der Waals surface area contributed by atoms with E-state index in [0.29, 0.717) is 0 Å². The van der Waals surface area contributed by atoms with Crippen molar-refractivity contribution in [2.24, 2.45) is 0 Å². The highest BCUT2D eigenvalue weighted by molar-refractivity contribution is 5.90. The molecule has 0 amide bonds. The molecule has 4 rings (SSSR count). The quantitative estimate of drug-likeness (QED) is 0.213. The van der Waals surface area contributed by atoms with Gasteiger partial charge >= 0.3 is 11.9 Å². The van der Waals surface area contributed by atoms with Crippen molar-refractivity contribution in [2.45, 2.75) is 166 Å². The minimum absolute atomic E-state index is 0.270. The molecule has 13 heteroatoms. The van der Waals surface area contributed by atoms with Gasteiger partial charge in [0.25, 0.3) is 0 Å². The van der Waals surface area contributed by atoms with Crippen LogP contribution in [0.4, 0.5) is 0 Å². The number of rotatable bonds is 8. The third kappa shape index (κ3) is 10.7. The molecule has 0 aliphatic carbocycles. The molecular formula is C42H62O13. The molecule has 2 aromatic carbocycles. The summed E-state index contributed by atoms with van der Waals surface area (Å²) in [4.78, 5) is 26.6. The first-order chi connectivity index (χ1) is 25.1. The third-order valence-electron chi connectivity index (χ3n) is 10.2. The number of carbonyl (C=O) groups is 2. The minimum atomic E-state index is -1.87. The van der Waals surface area contributed by atoms with Gasteiger partial charge in [0.2, 0.25) is 0 Å². The standard InChI is InChI=1S/C42H62O13/c1-39(2,3)23-13-21(14-24(17-23)40(4,5)6)35(49)51-19-27-29(43)31(45)33(47)37(53-27)55-38-34(48)32(46)30(44)28(54-38)20-52-36(50)22-15-25(41(7,8)9)18-26(16-22)42(10,11)12/h13-18,27-34,37-38,43-48H,19-20H2,1-12H3. The maximum absolute atomic E-state index is 13.3. The lowest BCUT2D eigenvalue weighted by Gasteiger charge is -2.44. The number of ether oxygens (including phenoxy) is 5. The Labute approximate surface area is 324 Å². The van der Waals surface area contributed by atoms with Gasteiger partial charge in [-0.05, 0) is 68.2 Å². The molecule has 2 saturated heterocycles. The van der Waals surface area contributed by atoms with Gasteiger partial charge in [-0.2, -0.15) is 0 Å². The Morgan fingerprint density at radius 1 is 0.473 bits per heavy atom. The first-order valence-corrected chi connectivity index (χ1v) is 18.8. The van der Waals surface area contributed by atoms with Gasteiger partial charge in [-0.25, -0.2) is 9.59 Å². The molecule has 0 saturated carbocycles. The topological polar surface area (TPSA) is 202 Å². The van der Waals surface area contributed by atoms with E-state index in [1.54, 1.807) is 24.3 Å². The van der Waals surface area contributed by atoms with E-state index in [2.05, 4.69) is 0 Å². The van der Waals surface area contributed by atoms with E-state index in [-0.39, 0.29) is 32.8 Å². The third-order valence-corrected chi connectivity index (χ3v) is 10.2. The molecule has 308 valence electrons. The van der Waals surface area contributed by atoms with Gasteiger partial charge in [0.15, 0.2) is 12.6 Å². The van der Waals surface area contributed by atoms with Crippen molar-refractivity contribution in [2.75, 3.05) is 13.2 Å². The van der Waals surface area contributed by atoms with Crippen LogP contribution >= 0.6 is 0 Å². The summed E-state index contributed by atoms with van der Waals surface area (Å²) in [6.45, 7) is 23.2. The molecule has 0 aromatic heterocycles. The van der Waals surface area contributed by atoms with Crippen LogP contribution in [0.3, 0.4) is 0 Å². The Morgan fingerprint density at radius 3 is 1.00 bits per heavy atom. The summed E-state index contributed by atoms with van der Waals surface area (Å²) >= 11 is 0. The van der Waals surface area contributed by atoms with Crippen molar-refractivity contribution < 1.29 is 63.9 Å². The lowest BCUT2D eigenvalue weighted by Crippen LogP contribution is -2.64. The fraction of sp³-hybridized carbons (Fsp3) is 0.667. The second-order valence-corrected chi connectivity index (χ2v) is 19.0. The number of benzene rings is 2. The molecule has 0 spiro atoms. The second kappa shape index (κ2) is 16.5. The lowest BCUT2D eigenvalue weighted by molar-refractivity contribution is -0.376. The summed E-state index contributed by atoms with van der Waals surface area (Å²) < 4.78 is 28.2. The van der Waals surface area contributed by atoms with E-state index in [9.17, 15) is 40.2 Å². The zero-order chi connectivity index (χ0) is 41.6. The van der Waals surface area contributed by atoms with Gasteiger partial charge in [-0.1, -0.05) is 95.2 Å². The molecule has 13 nitrogen and oxygen atoms in total. The van der Waals surface area contributed by atoms with Crippen molar-refractivity contribution in [1.29, 1.82) is 0 Å². The Morgan fingerprint density at radius 2 is 0.745 bits per heavy atom. The zero-order valence-electron chi connectivity index (χ0n) is 34.2. The summed E-state index contributed by atoms with van der Waals surface area (Å²) in [7, 11) is 0. The van der Waals surface area contributed by atoms with Crippen molar-refractivity contribution in [3.8, 4) is 0 Å². The maximum atomic E-state index is 13.3. The van der Waals surface area contributed by atoms with E-state index in [0.717, 1.165) is 22.3 Å². The normalized spacial score (nSPS) is 29.5. The number of esters is 2. The average molecular weight is 775 g/mol. The van der Waals surface area contributed by atoms with Crippen molar-refractivity contribution in [1.82, 2.24) is 0 Å². The first-order valence-electron chi connectivity index (χ1n) is 18.8. The fourth-order valence-corrected chi connectivity index (χ4v) is 6.17. The van der Waals surface area contributed by atoms with Crippen molar-refractivity contribution >= 4 is 11.9 Å². The molecule has 2 fully saturated rings. The van der Waals surface area contributed by atoms with E-state index < -0.39 is 86.6 Å². The fourth-order valence-electron chi connectivity index (χ4n) is 6.17. The van der Waals surface area contributed by atoms with Gasteiger partial charge < -0.3 is 54.3 Å². The second-order valence-electron chi connectivity index (χ2n) is 19.0. The summed E-state index contributed by atoms with van der Waals surface area (Å²) in [5.41, 5.74) is 3.17. The Kier molecular flexibility index (Phi) is 13.4. The van der Waals surface area contributed by atoms with Gasteiger partial charge in [-0.3, -0.25) is 0 Å². The summed E-state index contributed by atoms with van der Waals surface area (Å²) in [5.74, 6) is -1.41. The number of hydrogen-bond acceptors (Lipinski definition) is 13. The summed E-state index contributed by atoms with van der Waals surface area (Å²) in [6.07, 6.45) is -17.2. The van der Waals surface area contributed by atoms with Crippen LogP contribution in [0, 0.1) is 0 Å². The van der Waals surface area contributed by atoms with Gasteiger partial charge in [0.05, 0.1) is 11.1 Å². The molecule has 10 atom stereocenters. The van der Waals surface area contributed by atoms with Gasteiger partial charge in [-0.15, -0.1) is 0 Å². The Balaban J connectivity index is 1.46. The van der Waals surface area contributed by atoms with Gasteiger partial charge in [0, 0.05) is 0 Å². The van der Waals surface area contributed by atoms with Crippen LogP contribution in [-0.2, 0) is 45.3 Å². The zero-order valence-corrected chi connectivity index (χ0v) is 34.2. The summed E-state index contributed by atoms with van der Waals surface area (Å²) in [5, 5.41) is 64.4. The minimum Gasteiger partial charge on any atom is -0.459 e. The van der Waals surface area contributed by atoms with Crippen LogP contribution in [0.15, 0.2) is 36.4 Å². The van der Waals surface area contributed by atoms with Crippen LogP contribution < -0.4 is 0 Å². The first kappa shape index (κ1) is 44.7. The highest BCUT2D eigenvalue weighted by Crippen LogP contribution is 2.33. The molecule has 2 heterocycles. The molecule has 6 N–H and O–H groups in total. The monoisotopic (exact) mass is 774 g/mol. The molecule has 55 heavy (non-hydrogen) atoms. The predicted octanol–water partition coefficient (Wildman–Crippen LogP) is 3.52. The SMILES string of the molecule is CC(C)(C)c1cc(C(=O)OCC2OC(OC3OC(COC(=O)c4cc(C(C)(C)C)cc(C(C)(C)C)c4)C(O)C(O)C3O)C(O)C(O)C2O)cc(C(C)(C)C)c1. The maximum Gasteiger partial charge on any atom is 0.338 e. The van der Waals surface area contributed by atoms with Crippen molar-refractivity contribution in [3.05, 3.63) is 69.8 Å². The highest BCUT2D eigenvalue weighted by atomic mass is 16.8. The summed E-state index contributed by atoms with van der Waals surface area (Å²) in [6, 6.07) is 11.0. The molecule has 10 unspecified atom stereocenters. The number of aliphatic hydroxyl groups is 6. The van der Waals surface area contributed by atoms with Gasteiger partial charge in [0.1, 0.15) is 62.0 Å². The molecule has 2 aromatic rings. The van der Waals surface area contributed by atoms with Crippen LogP contribution in [-0.4, -0.2) is 117 Å². The Hall–Kier alpha value is -2.98. The van der Waals surface area contributed by atoms with Crippen molar-refractivity contribution in [3.63, 3.8) is 0 Å². The molecule has 2 aliphatic rings. The largest absolute Gasteiger partial charge is 0.459 e. The molecule has 2 aliphatic heterocycles. The number of carbonyl (C=O) groups excluding carboxylic acids is 2. The highest BCUT2D eigenvalue weighted by Gasteiger charge is 2.50. The number of hydrogen-bond donors (Lipinski definition) is 6. The van der Waals surface area contributed by atoms with E-state index in [1.165, 1.54) is 0 Å². The van der Waals surface area contributed by atoms with E-state index in [1.807, 2.05) is 95.2 Å². The molecular weight excluding hydrogens is 712 g/mol. The molecule has 0 radical (unpaired) electrons. The Bertz CT molecular complexity index is 1480. The van der Waals surface area contributed by atoms with Crippen LogP contribution in [0.1, 0.15) is 126 Å².